The van der Waals surface area contributed by atoms with E-state index in [0.717, 1.165) is 122 Å². The van der Waals surface area contributed by atoms with Crippen molar-refractivity contribution in [2.24, 2.45) is 0 Å². The zero-order chi connectivity index (χ0) is 82.8. The Morgan fingerprint density at radius 1 is 0.267 bits per heavy atom. The molecule has 0 atom stereocenters. The molecular formula is C96H84N6O14. The summed E-state index contributed by atoms with van der Waals surface area (Å²) >= 11 is 0. The van der Waals surface area contributed by atoms with Gasteiger partial charge >= 0.3 is 0 Å². The molecule has 5 aliphatic rings. The van der Waals surface area contributed by atoms with Gasteiger partial charge in [-0.25, -0.2) is 24.5 Å². The number of aryl methyl sites for hydroxylation is 8. The molecule has 0 fully saturated rings. The van der Waals surface area contributed by atoms with Gasteiger partial charge in [-0.3, -0.25) is 47.9 Å². The number of anilines is 8. The van der Waals surface area contributed by atoms with E-state index < -0.39 is 0 Å². The zero-order valence-corrected chi connectivity index (χ0v) is 65.5. The molecule has 20 nitrogen and oxygen atoms in total. The Morgan fingerprint density at radius 2 is 0.474 bits per heavy atom. The van der Waals surface area contributed by atoms with Gasteiger partial charge in [-0.15, -0.1) is 0 Å². The predicted molar refractivity (Wildman–Crippen MR) is 450 cm³/mol. The van der Waals surface area contributed by atoms with Crippen molar-refractivity contribution in [2.75, 3.05) is 55.8 Å². The Bertz CT molecular complexity index is 5240. The van der Waals surface area contributed by atoms with Crippen molar-refractivity contribution in [3.63, 3.8) is 0 Å². The van der Waals surface area contributed by atoms with Crippen molar-refractivity contribution in [3.8, 4) is 23.0 Å². The summed E-state index contributed by atoms with van der Waals surface area (Å²) in [7, 11) is 0. The number of nitrogens with zero attached hydrogens (tertiary/aromatic N) is 6. The van der Waals surface area contributed by atoms with Gasteiger partial charge in [0.2, 0.25) is 0 Å². The highest BCUT2D eigenvalue weighted by Gasteiger charge is 2.34. The van der Waals surface area contributed by atoms with Crippen molar-refractivity contribution < 1.29 is 66.9 Å². The third kappa shape index (κ3) is 17.2. The summed E-state index contributed by atoms with van der Waals surface area (Å²) in [5.74, 6) is -0.842. The van der Waals surface area contributed by atoms with E-state index in [-0.39, 0.29) is 70.9 Å². The van der Waals surface area contributed by atoms with Gasteiger partial charge in [0.25, 0.3) is 59.1 Å². The second-order valence-corrected chi connectivity index (χ2v) is 28.0. The Hall–Kier alpha value is -14.7. The second kappa shape index (κ2) is 35.4. The van der Waals surface area contributed by atoms with Crippen LogP contribution in [0.3, 0.4) is 0 Å². The number of ether oxygens (including phenoxy) is 4. The Labute approximate surface area is 673 Å². The molecule has 0 spiro atoms. The molecule has 0 bridgehead atoms. The molecule has 9 aromatic rings. The minimum atomic E-state index is -0.388. The standard InChI is InChI=1S/C34H30N2O5.C33H33NO4.C29H21N3O5/c1-6-15-41-27-9-7-24(8-10-27)32(25-16-20(2)33(21(3)17-25)35-28(37)11-12-29(35)38)26-18-22(4)34(23(5)19-26)36-30(39)13-14-31(36)40;1-7-15-37-32-21(3)17-26(18-22(32)4)31(27-19-23(5)33(24(6)20-27)38-16-8-2)25-9-11-28(12-10-25)34-29(35)13-14-30(34)36;1-2-19-37-25-13-11-22(12-14-25)30(20-3-7-23(8-4-20)31-26(33)15-16-27(31)34)21-5-9-24(10-6-21)32-28(35)17-18-29(32)36/h6-14,16-19,32H,1,15H2,2-5H3;7-14,17-20,31H,1-2,15-16H2,3-6H3;2-18H,1,19H2. The first kappa shape index (κ1) is 80.8. The molecule has 20 heteroatoms. The number of imide groups is 5. The SMILES string of the molecule is C=CCOc1c(C)cc(C(c2ccc(N3C(=O)C=CC3=O)cc2)c2cc(C)c(OCC=C)c(C)c2)cc1C.C=CCOc1ccc(C(c2cc(C)c(N3C(=O)C=CC3=O)c(C)c2)c2cc(C)c(N3C(=O)C=CC3=O)c(C)c2)cc1.C=CCOc1ccc(N(c2ccc(N3C(=O)C=CC3=O)cc2)c2ccc(N3C(=O)C=CC3=O)cc2)cc1. The largest absolute Gasteiger partial charge is 0.490 e. The van der Waals surface area contributed by atoms with Crippen LogP contribution < -0.4 is 48.3 Å². The number of rotatable bonds is 26. The van der Waals surface area contributed by atoms with E-state index >= 15 is 0 Å². The first-order valence-corrected chi connectivity index (χ1v) is 37.3. The van der Waals surface area contributed by atoms with Gasteiger partial charge in [0, 0.05) is 89.7 Å². The molecule has 582 valence electrons. The molecule has 116 heavy (non-hydrogen) atoms. The van der Waals surface area contributed by atoms with Crippen LogP contribution in [0.15, 0.2) is 281 Å². The van der Waals surface area contributed by atoms with Gasteiger partial charge in [0.05, 0.1) is 28.4 Å². The van der Waals surface area contributed by atoms with E-state index in [1.807, 2.05) is 154 Å². The molecule has 5 aliphatic heterocycles. The molecule has 9 aromatic carbocycles. The topological polar surface area (TPSA) is 227 Å². The van der Waals surface area contributed by atoms with Crippen LogP contribution in [-0.4, -0.2) is 85.5 Å². The molecule has 10 amide bonds. The van der Waals surface area contributed by atoms with Crippen LogP contribution in [0.25, 0.3) is 0 Å². The minimum Gasteiger partial charge on any atom is -0.490 e. The van der Waals surface area contributed by atoms with Gasteiger partial charge in [-0.05, 0) is 230 Å². The van der Waals surface area contributed by atoms with Gasteiger partial charge in [0.15, 0.2) is 0 Å². The average molecular weight is 1550 g/mol. The number of benzene rings is 9. The summed E-state index contributed by atoms with van der Waals surface area (Å²) in [6.07, 6.45) is 19.5. The maximum absolute atomic E-state index is 12.5. The van der Waals surface area contributed by atoms with E-state index in [1.54, 1.807) is 48.6 Å². The fraction of sp³-hybridized carbons (Fsp3) is 0.146. The smallest absolute Gasteiger partial charge is 0.258 e. The molecule has 0 unspecified atom stereocenters. The molecule has 0 aliphatic carbocycles. The maximum atomic E-state index is 12.5. The number of hydrogen-bond acceptors (Lipinski definition) is 15. The van der Waals surface area contributed by atoms with Crippen LogP contribution in [-0.2, 0) is 47.9 Å². The van der Waals surface area contributed by atoms with E-state index in [0.29, 0.717) is 60.6 Å². The summed E-state index contributed by atoms with van der Waals surface area (Å²) < 4.78 is 23.2. The summed E-state index contributed by atoms with van der Waals surface area (Å²) in [6, 6.07) is 53.6. The number of carbonyl (C=O) groups excluding carboxylic acids is 10. The lowest BCUT2D eigenvalue weighted by Gasteiger charge is -2.27. The quantitative estimate of drug-likeness (QED) is 0.0279. The van der Waals surface area contributed by atoms with E-state index in [1.165, 1.54) is 75.5 Å². The fourth-order valence-electron chi connectivity index (χ4n) is 14.9. The number of carbonyl (C=O) groups is 10. The second-order valence-electron chi connectivity index (χ2n) is 28.0. The fourth-order valence-corrected chi connectivity index (χ4v) is 14.9. The molecular weight excluding hydrogens is 1460 g/mol. The lowest BCUT2D eigenvalue weighted by Crippen LogP contribution is -2.31. The maximum Gasteiger partial charge on any atom is 0.258 e. The van der Waals surface area contributed by atoms with E-state index in [4.69, 9.17) is 18.9 Å². The highest BCUT2D eigenvalue weighted by atomic mass is 16.5. The highest BCUT2D eigenvalue weighted by molar-refractivity contribution is 6.31. The van der Waals surface area contributed by atoms with Crippen molar-refractivity contribution in [1.82, 2.24) is 0 Å². The van der Waals surface area contributed by atoms with Gasteiger partial charge < -0.3 is 23.8 Å². The number of amides is 10. The van der Waals surface area contributed by atoms with Crippen LogP contribution >= 0.6 is 0 Å². The first-order chi connectivity index (χ1) is 55.8. The van der Waals surface area contributed by atoms with E-state index in [2.05, 4.69) is 78.3 Å². The lowest BCUT2D eigenvalue weighted by molar-refractivity contribution is -0.121. The summed E-state index contributed by atoms with van der Waals surface area (Å²) in [4.78, 5) is 130. The number of hydrogen-bond donors (Lipinski definition) is 0. The first-order valence-electron chi connectivity index (χ1n) is 37.3. The molecule has 0 saturated carbocycles. The van der Waals surface area contributed by atoms with E-state index in [9.17, 15) is 47.9 Å². The molecule has 0 saturated heterocycles. The Kier molecular flexibility index (Phi) is 24.6. The van der Waals surface area contributed by atoms with Gasteiger partial charge in [-0.2, -0.15) is 0 Å². The Balaban J connectivity index is 0.000000161. The van der Waals surface area contributed by atoms with Crippen molar-refractivity contribution in [3.05, 3.63) is 359 Å². The summed E-state index contributed by atoms with van der Waals surface area (Å²) in [6.45, 7) is 32.3. The van der Waals surface area contributed by atoms with Gasteiger partial charge in [-0.1, -0.05) is 123 Å². The normalized spacial score (nSPS) is 14.0. The lowest BCUT2D eigenvalue weighted by atomic mass is 9.82. The summed E-state index contributed by atoms with van der Waals surface area (Å²) in [5, 5.41) is 0. The molecule has 0 radical (unpaired) electrons. The summed E-state index contributed by atoms with van der Waals surface area (Å²) in [5.41, 5.74) is 18.6. The van der Waals surface area contributed by atoms with Crippen LogP contribution in [0.5, 0.6) is 23.0 Å². The van der Waals surface area contributed by atoms with Crippen LogP contribution in [0.1, 0.15) is 89.7 Å². The van der Waals surface area contributed by atoms with Crippen LogP contribution in [0.4, 0.5) is 45.5 Å². The average Bonchev–Trinajstić information content (AvgIpc) is 1.37. The molecule has 5 heterocycles. The Morgan fingerprint density at radius 3 is 0.733 bits per heavy atom. The zero-order valence-electron chi connectivity index (χ0n) is 65.5. The highest BCUT2D eigenvalue weighted by Crippen LogP contribution is 2.44. The molecule has 14 rings (SSSR count). The van der Waals surface area contributed by atoms with Crippen LogP contribution in [0, 0.1) is 55.4 Å². The minimum absolute atomic E-state index is 0.0936. The third-order valence-corrected chi connectivity index (χ3v) is 19.8. The molecule has 0 aromatic heterocycles. The monoisotopic (exact) mass is 1540 g/mol. The van der Waals surface area contributed by atoms with Gasteiger partial charge in [0.1, 0.15) is 49.4 Å². The van der Waals surface area contributed by atoms with Crippen LogP contribution in [0.2, 0.25) is 0 Å². The third-order valence-electron chi connectivity index (χ3n) is 19.8. The van der Waals surface area contributed by atoms with Crippen molar-refractivity contribution >= 4 is 105 Å². The van der Waals surface area contributed by atoms with Crippen molar-refractivity contribution in [2.45, 2.75) is 67.2 Å². The van der Waals surface area contributed by atoms with Crippen molar-refractivity contribution in [1.29, 1.82) is 0 Å². The predicted octanol–water partition coefficient (Wildman–Crippen LogP) is 16.8. The molecule has 0 N–H and O–H groups in total.